The molecule has 154 valence electrons. The number of carboxylic acid groups (broad SMARTS) is 1. The standard InChI is InChI=1S/C26H19ClO3S/c27-21-10-11-24(30-17-19-5-2-1-3-6-19)23(16-21)22-13-14-31-26(22)20-8-4-7-18(15-20)9-12-25(28)29/h1-16H,17H2,(H,28,29)/b12-9+. The van der Waals surface area contributed by atoms with Crippen molar-refractivity contribution in [3.63, 3.8) is 0 Å². The number of thiophene rings is 1. The SMILES string of the molecule is O=C(O)/C=C/c1cccc(-c2sccc2-c2cc(Cl)ccc2OCc2ccccc2)c1. The van der Waals surface area contributed by atoms with Gasteiger partial charge in [0.05, 0.1) is 0 Å². The van der Waals surface area contributed by atoms with Crippen LogP contribution >= 0.6 is 22.9 Å². The Morgan fingerprint density at radius 2 is 1.81 bits per heavy atom. The van der Waals surface area contributed by atoms with Gasteiger partial charge in [-0.2, -0.15) is 0 Å². The molecule has 0 unspecified atom stereocenters. The molecule has 0 amide bonds. The van der Waals surface area contributed by atoms with Crippen molar-refractivity contribution in [2.75, 3.05) is 0 Å². The Balaban J connectivity index is 1.69. The number of hydrogen-bond acceptors (Lipinski definition) is 3. The summed E-state index contributed by atoms with van der Waals surface area (Å²) in [5.74, 6) is -0.212. The van der Waals surface area contributed by atoms with Crippen molar-refractivity contribution in [3.05, 3.63) is 106 Å². The van der Waals surface area contributed by atoms with Crippen LogP contribution in [0.25, 0.3) is 27.6 Å². The Morgan fingerprint density at radius 3 is 2.61 bits per heavy atom. The highest BCUT2D eigenvalue weighted by Crippen LogP contribution is 2.42. The largest absolute Gasteiger partial charge is 0.488 e. The summed E-state index contributed by atoms with van der Waals surface area (Å²) < 4.78 is 6.15. The summed E-state index contributed by atoms with van der Waals surface area (Å²) in [4.78, 5) is 11.9. The van der Waals surface area contributed by atoms with Crippen molar-refractivity contribution in [2.24, 2.45) is 0 Å². The molecule has 0 saturated heterocycles. The first-order valence-corrected chi connectivity index (χ1v) is 10.9. The van der Waals surface area contributed by atoms with Crippen molar-refractivity contribution in [3.8, 4) is 27.3 Å². The molecule has 0 radical (unpaired) electrons. The third-order valence-electron chi connectivity index (χ3n) is 4.70. The number of halogens is 1. The van der Waals surface area contributed by atoms with Crippen LogP contribution in [0.15, 0.2) is 90.3 Å². The molecule has 0 aliphatic carbocycles. The van der Waals surface area contributed by atoms with Gasteiger partial charge in [0, 0.05) is 27.1 Å². The molecule has 1 N–H and O–H groups in total. The summed E-state index contributed by atoms with van der Waals surface area (Å²) in [7, 11) is 0. The van der Waals surface area contributed by atoms with E-state index in [2.05, 4.69) is 6.07 Å². The summed E-state index contributed by atoms with van der Waals surface area (Å²) in [5, 5.41) is 11.6. The van der Waals surface area contributed by atoms with Gasteiger partial charge >= 0.3 is 5.97 Å². The van der Waals surface area contributed by atoms with E-state index in [0.717, 1.165) is 44.5 Å². The van der Waals surface area contributed by atoms with Gasteiger partial charge in [-0.05, 0) is 58.5 Å². The van der Waals surface area contributed by atoms with Gasteiger partial charge in [-0.25, -0.2) is 4.79 Å². The van der Waals surface area contributed by atoms with E-state index in [-0.39, 0.29) is 0 Å². The molecule has 0 bridgehead atoms. The third-order valence-corrected chi connectivity index (χ3v) is 5.90. The van der Waals surface area contributed by atoms with E-state index < -0.39 is 5.97 Å². The van der Waals surface area contributed by atoms with Gasteiger partial charge in [-0.1, -0.05) is 60.1 Å². The lowest BCUT2D eigenvalue weighted by Gasteiger charge is -2.13. The van der Waals surface area contributed by atoms with Crippen LogP contribution in [-0.2, 0) is 11.4 Å². The fourth-order valence-electron chi connectivity index (χ4n) is 3.27. The van der Waals surface area contributed by atoms with E-state index in [4.69, 9.17) is 21.4 Å². The lowest BCUT2D eigenvalue weighted by Crippen LogP contribution is -1.97. The van der Waals surface area contributed by atoms with Gasteiger partial charge in [0.25, 0.3) is 0 Å². The smallest absolute Gasteiger partial charge is 0.328 e. The van der Waals surface area contributed by atoms with Crippen LogP contribution in [0.2, 0.25) is 5.02 Å². The zero-order valence-electron chi connectivity index (χ0n) is 16.5. The van der Waals surface area contributed by atoms with E-state index in [1.165, 1.54) is 0 Å². The van der Waals surface area contributed by atoms with Gasteiger partial charge in [-0.3, -0.25) is 0 Å². The number of aliphatic carboxylic acids is 1. The number of hydrogen-bond donors (Lipinski definition) is 1. The number of carbonyl (C=O) groups is 1. The molecule has 0 aliphatic rings. The zero-order valence-corrected chi connectivity index (χ0v) is 18.1. The molecule has 4 rings (SSSR count). The monoisotopic (exact) mass is 446 g/mol. The maximum Gasteiger partial charge on any atom is 0.328 e. The van der Waals surface area contributed by atoms with Crippen molar-refractivity contribution >= 4 is 35.0 Å². The van der Waals surface area contributed by atoms with Crippen LogP contribution in [-0.4, -0.2) is 11.1 Å². The Hall–Kier alpha value is -3.34. The molecule has 0 fully saturated rings. The molecule has 1 aromatic heterocycles. The molecule has 0 spiro atoms. The third kappa shape index (κ3) is 5.23. The van der Waals surface area contributed by atoms with Crippen LogP contribution in [0.1, 0.15) is 11.1 Å². The van der Waals surface area contributed by atoms with Crippen molar-refractivity contribution < 1.29 is 14.6 Å². The van der Waals surface area contributed by atoms with Gasteiger partial charge in [-0.15, -0.1) is 11.3 Å². The quantitative estimate of drug-likeness (QED) is 0.300. The summed E-state index contributed by atoms with van der Waals surface area (Å²) in [6.45, 7) is 0.463. The summed E-state index contributed by atoms with van der Waals surface area (Å²) in [5.41, 5.74) is 4.87. The molecule has 1 heterocycles. The number of rotatable bonds is 7. The Bertz CT molecular complexity index is 1230. The van der Waals surface area contributed by atoms with Crippen LogP contribution < -0.4 is 4.74 Å². The molecule has 3 nitrogen and oxygen atoms in total. The normalized spacial score (nSPS) is 11.0. The maximum atomic E-state index is 10.8. The summed E-state index contributed by atoms with van der Waals surface area (Å²) >= 11 is 7.95. The number of carboxylic acids is 1. The molecule has 0 atom stereocenters. The molecule has 3 aromatic carbocycles. The molecule has 0 aliphatic heterocycles. The highest BCUT2D eigenvalue weighted by Gasteiger charge is 2.15. The molecule has 4 aromatic rings. The van der Waals surface area contributed by atoms with Gasteiger partial charge < -0.3 is 9.84 Å². The second kappa shape index (κ2) is 9.65. The highest BCUT2D eigenvalue weighted by atomic mass is 35.5. The lowest BCUT2D eigenvalue weighted by atomic mass is 10.0. The van der Waals surface area contributed by atoms with Crippen LogP contribution in [0.5, 0.6) is 5.75 Å². The maximum absolute atomic E-state index is 10.8. The fraction of sp³-hybridized carbons (Fsp3) is 0.0385. The number of benzene rings is 3. The summed E-state index contributed by atoms with van der Waals surface area (Å²) in [6, 6.07) is 25.5. The molecule has 5 heteroatoms. The van der Waals surface area contributed by atoms with Gasteiger partial charge in [0.15, 0.2) is 0 Å². The van der Waals surface area contributed by atoms with Crippen LogP contribution in [0.3, 0.4) is 0 Å². The summed E-state index contributed by atoms with van der Waals surface area (Å²) in [6.07, 6.45) is 2.73. The average molecular weight is 447 g/mol. The molecule has 31 heavy (non-hydrogen) atoms. The Labute approximate surface area is 189 Å². The highest BCUT2D eigenvalue weighted by molar-refractivity contribution is 7.14. The van der Waals surface area contributed by atoms with Crippen molar-refractivity contribution in [1.29, 1.82) is 0 Å². The molecular formula is C26H19ClO3S. The lowest BCUT2D eigenvalue weighted by molar-refractivity contribution is -0.131. The predicted molar refractivity (Wildman–Crippen MR) is 128 cm³/mol. The zero-order chi connectivity index (χ0) is 21.6. The van der Waals surface area contributed by atoms with E-state index in [1.807, 2.05) is 78.2 Å². The number of ether oxygens (including phenoxy) is 1. The Morgan fingerprint density at radius 1 is 0.968 bits per heavy atom. The van der Waals surface area contributed by atoms with E-state index in [1.54, 1.807) is 17.4 Å². The van der Waals surface area contributed by atoms with Gasteiger partial charge in [0.1, 0.15) is 12.4 Å². The predicted octanol–water partition coefficient (Wildman–Crippen LogP) is 7.41. The minimum Gasteiger partial charge on any atom is -0.488 e. The average Bonchev–Trinajstić information content (AvgIpc) is 3.27. The van der Waals surface area contributed by atoms with Crippen LogP contribution in [0.4, 0.5) is 0 Å². The molecular weight excluding hydrogens is 428 g/mol. The Kier molecular flexibility index (Phi) is 6.51. The second-order valence-corrected chi connectivity index (χ2v) is 8.23. The van der Waals surface area contributed by atoms with Gasteiger partial charge in [0.2, 0.25) is 0 Å². The second-order valence-electron chi connectivity index (χ2n) is 6.88. The minimum absolute atomic E-state index is 0.463. The first kappa shape index (κ1) is 20.9. The van der Waals surface area contributed by atoms with Crippen molar-refractivity contribution in [2.45, 2.75) is 6.61 Å². The van der Waals surface area contributed by atoms with Crippen LogP contribution in [0, 0.1) is 0 Å². The minimum atomic E-state index is -0.971. The molecule has 0 saturated carbocycles. The fourth-order valence-corrected chi connectivity index (χ4v) is 4.35. The first-order chi connectivity index (χ1) is 15.1. The van der Waals surface area contributed by atoms with E-state index in [0.29, 0.717) is 11.6 Å². The van der Waals surface area contributed by atoms with Crippen molar-refractivity contribution in [1.82, 2.24) is 0 Å². The van der Waals surface area contributed by atoms with E-state index in [9.17, 15) is 4.79 Å². The van der Waals surface area contributed by atoms with E-state index >= 15 is 0 Å². The first-order valence-electron chi connectivity index (χ1n) is 9.66. The topological polar surface area (TPSA) is 46.5 Å².